The lowest BCUT2D eigenvalue weighted by Gasteiger charge is -2.25. The minimum absolute atomic E-state index is 0.229. The average molecular weight is 263 g/mol. The van der Waals surface area contributed by atoms with E-state index in [0.29, 0.717) is 18.0 Å². The number of nitrogens with one attached hydrogen (secondary N) is 1. The van der Waals surface area contributed by atoms with E-state index >= 15 is 0 Å². The van der Waals surface area contributed by atoms with Gasteiger partial charge in [0.15, 0.2) is 0 Å². The van der Waals surface area contributed by atoms with E-state index in [1.807, 2.05) is 13.8 Å². The normalized spacial score (nSPS) is 16.2. The second-order valence-electron chi connectivity index (χ2n) is 5.80. The van der Waals surface area contributed by atoms with Crippen LogP contribution in [0.1, 0.15) is 59.6 Å². The molecule has 0 aliphatic rings. The molecule has 1 N–H and O–H groups in total. The molecule has 3 atom stereocenters. The van der Waals surface area contributed by atoms with Crippen LogP contribution < -0.4 is 10.1 Å². The Bertz CT molecular complexity index is 358. The van der Waals surface area contributed by atoms with E-state index < -0.39 is 0 Å². The van der Waals surface area contributed by atoms with Crippen LogP contribution >= 0.6 is 0 Å². The molecule has 0 aliphatic carbocycles. The van der Waals surface area contributed by atoms with Gasteiger partial charge in [-0.1, -0.05) is 32.4 Å². The van der Waals surface area contributed by atoms with Gasteiger partial charge in [0.2, 0.25) is 0 Å². The van der Waals surface area contributed by atoms with Crippen molar-refractivity contribution in [1.29, 1.82) is 0 Å². The van der Waals surface area contributed by atoms with Gasteiger partial charge in [0.25, 0.3) is 0 Å². The van der Waals surface area contributed by atoms with Crippen LogP contribution in [0.15, 0.2) is 24.3 Å². The topological polar surface area (TPSA) is 21.3 Å². The van der Waals surface area contributed by atoms with E-state index in [0.717, 1.165) is 5.75 Å². The molecule has 1 aromatic carbocycles. The lowest BCUT2D eigenvalue weighted by Crippen LogP contribution is -2.33. The Kier molecular flexibility index (Phi) is 6.36. The quantitative estimate of drug-likeness (QED) is 0.778. The standard InChI is InChI=1S/C17H29NO/c1-7-13(4)14(5)18-15(6)16-8-10-17(11-9-16)19-12(2)3/h8-15,18H,7H2,1-6H3. The number of benzene rings is 1. The zero-order chi connectivity index (χ0) is 14.4. The Morgan fingerprint density at radius 1 is 1.00 bits per heavy atom. The summed E-state index contributed by atoms with van der Waals surface area (Å²) in [5, 5.41) is 3.67. The summed E-state index contributed by atoms with van der Waals surface area (Å²) in [6, 6.07) is 9.32. The molecule has 2 heteroatoms. The molecule has 0 heterocycles. The minimum Gasteiger partial charge on any atom is -0.491 e. The van der Waals surface area contributed by atoms with Gasteiger partial charge in [-0.15, -0.1) is 0 Å². The van der Waals surface area contributed by atoms with Crippen LogP contribution in [-0.4, -0.2) is 12.1 Å². The Balaban J connectivity index is 2.60. The molecule has 0 saturated carbocycles. The van der Waals surface area contributed by atoms with Gasteiger partial charge in [0.1, 0.15) is 5.75 Å². The van der Waals surface area contributed by atoms with Crippen molar-refractivity contribution in [2.45, 2.75) is 66.2 Å². The van der Waals surface area contributed by atoms with Gasteiger partial charge in [-0.3, -0.25) is 0 Å². The van der Waals surface area contributed by atoms with Crippen LogP contribution in [0.25, 0.3) is 0 Å². The fraction of sp³-hybridized carbons (Fsp3) is 0.647. The van der Waals surface area contributed by atoms with E-state index in [9.17, 15) is 0 Å². The maximum absolute atomic E-state index is 5.67. The van der Waals surface area contributed by atoms with Crippen LogP contribution in [0.4, 0.5) is 0 Å². The smallest absolute Gasteiger partial charge is 0.119 e. The first-order chi connectivity index (χ1) is 8.93. The zero-order valence-corrected chi connectivity index (χ0v) is 13.2. The predicted molar refractivity (Wildman–Crippen MR) is 82.7 cm³/mol. The van der Waals surface area contributed by atoms with Crippen LogP contribution in [0.3, 0.4) is 0 Å². The van der Waals surface area contributed by atoms with Crippen molar-refractivity contribution in [1.82, 2.24) is 5.32 Å². The summed E-state index contributed by atoms with van der Waals surface area (Å²) in [4.78, 5) is 0. The molecule has 1 aromatic rings. The molecular formula is C17H29NO. The fourth-order valence-electron chi connectivity index (χ4n) is 2.12. The molecule has 1 rings (SSSR count). The largest absolute Gasteiger partial charge is 0.491 e. The highest BCUT2D eigenvalue weighted by atomic mass is 16.5. The molecular weight excluding hydrogens is 234 g/mol. The maximum atomic E-state index is 5.67. The lowest BCUT2D eigenvalue weighted by atomic mass is 9.99. The Hall–Kier alpha value is -1.02. The van der Waals surface area contributed by atoms with E-state index in [1.54, 1.807) is 0 Å². The van der Waals surface area contributed by atoms with Gasteiger partial charge in [0.05, 0.1) is 6.10 Å². The number of hydrogen-bond donors (Lipinski definition) is 1. The number of ether oxygens (including phenoxy) is 1. The van der Waals surface area contributed by atoms with Gasteiger partial charge in [-0.2, -0.15) is 0 Å². The molecule has 0 aliphatic heterocycles. The molecule has 0 amide bonds. The molecule has 0 bridgehead atoms. The van der Waals surface area contributed by atoms with E-state index in [-0.39, 0.29) is 6.10 Å². The fourth-order valence-corrected chi connectivity index (χ4v) is 2.12. The average Bonchev–Trinajstić information content (AvgIpc) is 2.37. The van der Waals surface area contributed by atoms with E-state index in [4.69, 9.17) is 4.74 Å². The van der Waals surface area contributed by atoms with Crippen molar-refractivity contribution in [2.75, 3.05) is 0 Å². The second kappa shape index (κ2) is 7.54. The molecule has 2 nitrogen and oxygen atoms in total. The van der Waals surface area contributed by atoms with Gasteiger partial charge >= 0.3 is 0 Å². The first kappa shape index (κ1) is 16.0. The van der Waals surface area contributed by atoms with E-state index in [1.165, 1.54) is 12.0 Å². The van der Waals surface area contributed by atoms with Crippen LogP contribution in [0.5, 0.6) is 5.75 Å². The summed E-state index contributed by atoms with van der Waals surface area (Å²) >= 11 is 0. The summed E-state index contributed by atoms with van der Waals surface area (Å²) in [7, 11) is 0. The molecule has 0 saturated heterocycles. The third kappa shape index (κ3) is 5.23. The Labute approximate surface area is 118 Å². The first-order valence-corrected chi connectivity index (χ1v) is 7.46. The van der Waals surface area contributed by atoms with Crippen molar-refractivity contribution >= 4 is 0 Å². The van der Waals surface area contributed by atoms with Crippen molar-refractivity contribution in [3.8, 4) is 5.75 Å². The SMILES string of the molecule is CCC(C)C(C)NC(C)c1ccc(OC(C)C)cc1. The van der Waals surface area contributed by atoms with Crippen molar-refractivity contribution in [3.05, 3.63) is 29.8 Å². The monoisotopic (exact) mass is 263 g/mol. The maximum Gasteiger partial charge on any atom is 0.119 e. The highest BCUT2D eigenvalue weighted by molar-refractivity contribution is 5.29. The molecule has 0 radical (unpaired) electrons. The summed E-state index contributed by atoms with van der Waals surface area (Å²) in [6.45, 7) is 13.1. The van der Waals surface area contributed by atoms with Crippen LogP contribution in [-0.2, 0) is 0 Å². The molecule has 0 fully saturated rings. The zero-order valence-electron chi connectivity index (χ0n) is 13.2. The van der Waals surface area contributed by atoms with Gasteiger partial charge in [-0.05, 0) is 51.3 Å². The highest BCUT2D eigenvalue weighted by Crippen LogP contribution is 2.20. The summed E-state index contributed by atoms with van der Waals surface area (Å²) in [5.74, 6) is 1.65. The third-order valence-corrected chi connectivity index (χ3v) is 3.76. The first-order valence-electron chi connectivity index (χ1n) is 7.46. The summed E-state index contributed by atoms with van der Waals surface area (Å²) < 4.78 is 5.67. The van der Waals surface area contributed by atoms with Gasteiger partial charge in [0, 0.05) is 12.1 Å². The third-order valence-electron chi connectivity index (χ3n) is 3.76. The predicted octanol–water partition coefficient (Wildman–Crippen LogP) is 4.56. The number of rotatable bonds is 7. The molecule has 0 aromatic heterocycles. The molecule has 0 spiro atoms. The van der Waals surface area contributed by atoms with Crippen LogP contribution in [0, 0.1) is 5.92 Å². The molecule has 108 valence electrons. The summed E-state index contributed by atoms with van der Waals surface area (Å²) in [5.41, 5.74) is 1.31. The van der Waals surface area contributed by atoms with Gasteiger partial charge < -0.3 is 10.1 Å². The molecule has 19 heavy (non-hydrogen) atoms. The summed E-state index contributed by atoms with van der Waals surface area (Å²) in [6.07, 6.45) is 1.44. The van der Waals surface area contributed by atoms with E-state index in [2.05, 4.69) is 57.3 Å². The van der Waals surface area contributed by atoms with Crippen molar-refractivity contribution < 1.29 is 4.74 Å². The van der Waals surface area contributed by atoms with Crippen LogP contribution in [0.2, 0.25) is 0 Å². The van der Waals surface area contributed by atoms with Gasteiger partial charge in [-0.25, -0.2) is 0 Å². The Morgan fingerprint density at radius 3 is 2.05 bits per heavy atom. The number of hydrogen-bond acceptors (Lipinski definition) is 2. The highest BCUT2D eigenvalue weighted by Gasteiger charge is 2.14. The minimum atomic E-state index is 0.229. The Morgan fingerprint density at radius 2 is 1.58 bits per heavy atom. The second-order valence-corrected chi connectivity index (χ2v) is 5.80. The van der Waals surface area contributed by atoms with Crippen molar-refractivity contribution in [2.24, 2.45) is 5.92 Å². The molecule has 3 unspecified atom stereocenters. The lowest BCUT2D eigenvalue weighted by molar-refractivity contribution is 0.242. The van der Waals surface area contributed by atoms with Crippen molar-refractivity contribution in [3.63, 3.8) is 0 Å².